The predicted octanol–water partition coefficient (Wildman–Crippen LogP) is 5.00. The summed E-state index contributed by atoms with van der Waals surface area (Å²) in [6.45, 7) is 12.2. The van der Waals surface area contributed by atoms with Crippen molar-refractivity contribution in [1.29, 1.82) is 0 Å². The van der Waals surface area contributed by atoms with Gasteiger partial charge in [-0.05, 0) is 69.1 Å². The molecule has 1 amide bonds. The summed E-state index contributed by atoms with van der Waals surface area (Å²) in [6, 6.07) is 6.08. The molecule has 0 spiro atoms. The molecular formula is C27H43NO6. The average molecular weight is 478 g/mol. The molecule has 0 radical (unpaired) electrons. The van der Waals surface area contributed by atoms with Crippen molar-refractivity contribution in [3.63, 3.8) is 0 Å². The Morgan fingerprint density at radius 3 is 2.47 bits per heavy atom. The Morgan fingerprint density at radius 1 is 1.15 bits per heavy atom. The fraction of sp³-hybridized carbons (Fsp3) is 0.704. The SMILES string of the molecule is COCCCOc1cc(CC(C[C@@H]2CN(C(=O)OC(C)(C)C)C[C@H]2C=O)C(C)C)ccc1OC. The van der Waals surface area contributed by atoms with Crippen LogP contribution in [0.25, 0.3) is 0 Å². The molecule has 7 heteroatoms. The van der Waals surface area contributed by atoms with E-state index in [-0.39, 0.29) is 17.9 Å². The molecule has 1 aliphatic heterocycles. The van der Waals surface area contributed by atoms with E-state index in [1.165, 1.54) is 5.56 Å². The predicted molar refractivity (Wildman–Crippen MR) is 132 cm³/mol. The summed E-state index contributed by atoms with van der Waals surface area (Å²) in [7, 11) is 3.32. The maximum absolute atomic E-state index is 12.6. The van der Waals surface area contributed by atoms with Crippen molar-refractivity contribution in [3.05, 3.63) is 23.8 Å². The molecule has 7 nitrogen and oxygen atoms in total. The molecule has 3 atom stereocenters. The van der Waals surface area contributed by atoms with Crippen molar-refractivity contribution < 1.29 is 28.5 Å². The van der Waals surface area contributed by atoms with Crippen LogP contribution in [0.3, 0.4) is 0 Å². The lowest BCUT2D eigenvalue weighted by atomic mass is 9.79. The smallest absolute Gasteiger partial charge is 0.410 e. The summed E-state index contributed by atoms with van der Waals surface area (Å²) in [6.07, 6.45) is 3.21. The number of ether oxygens (including phenoxy) is 4. The third-order valence-corrected chi connectivity index (χ3v) is 6.34. The summed E-state index contributed by atoms with van der Waals surface area (Å²) in [4.78, 5) is 26.1. The highest BCUT2D eigenvalue weighted by atomic mass is 16.6. The zero-order valence-electron chi connectivity index (χ0n) is 22.0. The minimum Gasteiger partial charge on any atom is -0.493 e. The van der Waals surface area contributed by atoms with Gasteiger partial charge in [-0.25, -0.2) is 4.79 Å². The van der Waals surface area contributed by atoms with Crippen LogP contribution in [0, 0.1) is 23.7 Å². The highest BCUT2D eigenvalue weighted by Gasteiger charge is 2.38. The first-order valence-electron chi connectivity index (χ1n) is 12.3. The molecule has 0 aromatic heterocycles. The molecule has 1 heterocycles. The van der Waals surface area contributed by atoms with Crippen LogP contribution in [0.2, 0.25) is 0 Å². The van der Waals surface area contributed by atoms with E-state index in [0.29, 0.717) is 43.9 Å². The second-order valence-electron chi connectivity index (χ2n) is 10.6. The first-order chi connectivity index (χ1) is 16.1. The van der Waals surface area contributed by atoms with E-state index in [1.54, 1.807) is 19.1 Å². The molecule has 1 aromatic rings. The minimum absolute atomic E-state index is 0.125. The Balaban J connectivity index is 2.08. The van der Waals surface area contributed by atoms with Crippen molar-refractivity contribution in [3.8, 4) is 11.5 Å². The van der Waals surface area contributed by atoms with Gasteiger partial charge in [0.15, 0.2) is 11.5 Å². The van der Waals surface area contributed by atoms with Gasteiger partial charge >= 0.3 is 6.09 Å². The van der Waals surface area contributed by atoms with Gasteiger partial charge in [0.25, 0.3) is 0 Å². The Hall–Kier alpha value is -2.28. The van der Waals surface area contributed by atoms with Gasteiger partial charge in [0.2, 0.25) is 0 Å². The first-order valence-corrected chi connectivity index (χ1v) is 12.3. The molecule has 1 aromatic carbocycles. The molecule has 0 aliphatic carbocycles. The molecule has 1 saturated heterocycles. The van der Waals surface area contributed by atoms with E-state index in [9.17, 15) is 9.59 Å². The number of aldehydes is 1. The third kappa shape index (κ3) is 8.49. The number of nitrogens with zero attached hydrogens (tertiary/aromatic N) is 1. The normalized spacial score (nSPS) is 19.2. The van der Waals surface area contributed by atoms with Crippen LogP contribution in [0.4, 0.5) is 4.79 Å². The van der Waals surface area contributed by atoms with Crippen molar-refractivity contribution in [2.45, 2.75) is 59.5 Å². The van der Waals surface area contributed by atoms with Crippen LogP contribution in [0.5, 0.6) is 11.5 Å². The van der Waals surface area contributed by atoms with Crippen molar-refractivity contribution >= 4 is 12.4 Å². The maximum Gasteiger partial charge on any atom is 0.410 e. The second-order valence-corrected chi connectivity index (χ2v) is 10.6. The van der Waals surface area contributed by atoms with Crippen LogP contribution in [-0.4, -0.2) is 63.4 Å². The van der Waals surface area contributed by atoms with Gasteiger partial charge in [-0.15, -0.1) is 0 Å². The van der Waals surface area contributed by atoms with Gasteiger partial charge in [-0.3, -0.25) is 0 Å². The summed E-state index contributed by atoms with van der Waals surface area (Å²) in [5, 5.41) is 0. The highest BCUT2D eigenvalue weighted by Crippen LogP contribution is 2.35. The summed E-state index contributed by atoms with van der Waals surface area (Å²) in [5.74, 6) is 2.20. The lowest BCUT2D eigenvalue weighted by Crippen LogP contribution is -2.35. The summed E-state index contributed by atoms with van der Waals surface area (Å²) in [5.41, 5.74) is 0.621. The van der Waals surface area contributed by atoms with E-state index in [4.69, 9.17) is 18.9 Å². The fourth-order valence-electron chi connectivity index (χ4n) is 4.40. The zero-order chi connectivity index (χ0) is 25.3. The largest absolute Gasteiger partial charge is 0.493 e. The molecule has 0 saturated carbocycles. The number of methoxy groups -OCH3 is 2. The number of likely N-dealkylation sites (tertiary alicyclic amines) is 1. The lowest BCUT2D eigenvalue weighted by Gasteiger charge is -2.26. The molecule has 0 N–H and O–H groups in total. The standard InChI is InChI=1S/C27H43NO6/c1-19(2)21(13-20-9-10-24(32-7)25(14-20)33-12-8-11-31-6)15-22-16-28(17-23(22)18-29)26(30)34-27(3,4)5/h9-10,14,18-19,21-23H,8,11-13,15-17H2,1-7H3/t21?,22-,23+/m1/s1. The molecule has 1 fully saturated rings. The Labute approximate surface area is 205 Å². The van der Waals surface area contributed by atoms with Crippen molar-refractivity contribution in [2.24, 2.45) is 23.7 Å². The molecule has 1 unspecified atom stereocenters. The van der Waals surface area contributed by atoms with E-state index >= 15 is 0 Å². The van der Waals surface area contributed by atoms with Crippen LogP contribution < -0.4 is 9.47 Å². The van der Waals surface area contributed by atoms with Crippen LogP contribution in [-0.2, 0) is 20.7 Å². The molecular weight excluding hydrogens is 434 g/mol. The van der Waals surface area contributed by atoms with Gasteiger partial charge in [0.1, 0.15) is 11.9 Å². The molecule has 192 valence electrons. The quantitative estimate of drug-likeness (QED) is 0.312. The number of rotatable bonds is 12. The van der Waals surface area contributed by atoms with Crippen LogP contribution >= 0.6 is 0 Å². The second kappa shape index (κ2) is 13.0. The first kappa shape index (κ1) is 28.0. The summed E-state index contributed by atoms with van der Waals surface area (Å²) < 4.78 is 22.1. The highest BCUT2D eigenvalue weighted by molar-refractivity contribution is 5.70. The minimum atomic E-state index is -0.552. The maximum atomic E-state index is 12.6. The van der Waals surface area contributed by atoms with E-state index in [2.05, 4.69) is 26.0 Å². The van der Waals surface area contributed by atoms with Gasteiger partial charge in [0, 0.05) is 39.1 Å². The number of carbonyl (C=O) groups is 2. The van der Waals surface area contributed by atoms with Gasteiger partial charge in [0.05, 0.1) is 13.7 Å². The number of benzene rings is 1. The Kier molecular flexibility index (Phi) is 10.7. The average Bonchev–Trinajstić information content (AvgIpc) is 3.18. The summed E-state index contributed by atoms with van der Waals surface area (Å²) >= 11 is 0. The van der Waals surface area contributed by atoms with E-state index < -0.39 is 5.60 Å². The molecule has 1 aliphatic rings. The number of hydrogen-bond acceptors (Lipinski definition) is 6. The molecule has 2 rings (SSSR count). The topological polar surface area (TPSA) is 74.3 Å². The van der Waals surface area contributed by atoms with Gasteiger partial charge in [-0.1, -0.05) is 19.9 Å². The van der Waals surface area contributed by atoms with Crippen LogP contribution in [0.1, 0.15) is 53.0 Å². The van der Waals surface area contributed by atoms with Gasteiger partial charge < -0.3 is 28.6 Å². The van der Waals surface area contributed by atoms with Gasteiger partial charge in [-0.2, -0.15) is 0 Å². The zero-order valence-corrected chi connectivity index (χ0v) is 22.0. The molecule has 34 heavy (non-hydrogen) atoms. The Bertz CT molecular complexity index is 788. The van der Waals surface area contributed by atoms with E-state index in [0.717, 1.165) is 31.3 Å². The number of hydrogen-bond donors (Lipinski definition) is 0. The third-order valence-electron chi connectivity index (χ3n) is 6.34. The number of amides is 1. The fourth-order valence-corrected chi connectivity index (χ4v) is 4.40. The Morgan fingerprint density at radius 2 is 1.88 bits per heavy atom. The lowest BCUT2D eigenvalue weighted by molar-refractivity contribution is -0.111. The van der Waals surface area contributed by atoms with Crippen molar-refractivity contribution in [2.75, 3.05) is 40.5 Å². The van der Waals surface area contributed by atoms with Crippen LogP contribution in [0.15, 0.2) is 18.2 Å². The monoisotopic (exact) mass is 477 g/mol. The molecule has 0 bridgehead atoms. The van der Waals surface area contributed by atoms with E-state index in [1.807, 2.05) is 26.8 Å². The van der Waals surface area contributed by atoms with Crippen molar-refractivity contribution in [1.82, 2.24) is 4.90 Å². The number of carbonyl (C=O) groups excluding carboxylic acids is 2.